The standard InChI is InChI=1S/C18H20N2O2/c1-13-11-15(12-19-17(13)21)16-9-5-6-10-20(16)18(22)14-7-3-2-4-8-14/h2-4,7-8,11-12,16H,5-6,9-10H2,1H3,(H,19,21). The summed E-state index contributed by atoms with van der Waals surface area (Å²) < 4.78 is 0. The van der Waals surface area contributed by atoms with Gasteiger partial charge in [-0.05, 0) is 49.9 Å². The molecular weight excluding hydrogens is 276 g/mol. The van der Waals surface area contributed by atoms with Gasteiger partial charge in [0.1, 0.15) is 0 Å². The Labute approximate surface area is 129 Å². The fourth-order valence-corrected chi connectivity index (χ4v) is 3.08. The van der Waals surface area contributed by atoms with Crippen LogP contribution in [0, 0.1) is 6.92 Å². The van der Waals surface area contributed by atoms with E-state index in [1.54, 1.807) is 13.1 Å². The Morgan fingerprint density at radius 2 is 2.00 bits per heavy atom. The van der Waals surface area contributed by atoms with E-state index in [0.717, 1.165) is 36.9 Å². The smallest absolute Gasteiger partial charge is 0.254 e. The molecule has 2 heterocycles. The molecule has 0 saturated carbocycles. The summed E-state index contributed by atoms with van der Waals surface area (Å²) in [6.45, 7) is 2.56. The van der Waals surface area contributed by atoms with Crippen molar-refractivity contribution in [3.63, 3.8) is 0 Å². The van der Waals surface area contributed by atoms with Crippen LogP contribution in [0.5, 0.6) is 0 Å². The van der Waals surface area contributed by atoms with E-state index < -0.39 is 0 Å². The molecule has 3 rings (SSSR count). The number of aromatic nitrogens is 1. The maximum Gasteiger partial charge on any atom is 0.254 e. The fraction of sp³-hybridized carbons (Fsp3) is 0.333. The van der Waals surface area contributed by atoms with E-state index >= 15 is 0 Å². The summed E-state index contributed by atoms with van der Waals surface area (Å²) in [5.74, 6) is 0.0640. The molecule has 1 aromatic heterocycles. The number of hydrogen-bond donors (Lipinski definition) is 1. The molecular formula is C18H20N2O2. The quantitative estimate of drug-likeness (QED) is 0.926. The number of carbonyl (C=O) groups excluding carboxylic acids is 1. The number of benzene rings is 1. The highest BCUT2D eigenvalue weighted by atomic mass is 16.2. The topological polar surface area (TPSA) is 53.2 Å². The number of piperidine rings is 1. The summed E-state index contributed by atoms with van der Waals surface area (Å²) in [7, 11) is 0. The van der Waals surface area contributed by atoms with Crippen molar-refractivity contribution in [2.45, 2.75) is 32.2 Å². The monoisotopic (exact) mass is 296 g/mol. The number of aromatic amines is 1. The molecule has 0 aliphatic carbocycles. The van der Waals surface area contributed by atoms with E-state index in [0.29, 0.717) is 5.56 Å². The maximum absolute atomic E-state index is 12.8. The van der Waals surface area contributed by atoms with Crippen LogP contribution < -0.4 is 5.56 Å². The molecule has 1 amide bonds. The molecule has 2 aromatic rings. The lowest BCUT2D eigenvalue weighted by Gasteiger charge is -2.36. The van der Waals surface area contributed by atoms with Gasteiger partial charge in [-0.15, -0.1) is 0 Å². The third-order valence-electron chi connectivity index (χ3n) is 4.28. The van der Waals surface area contributed by atoms with Crippen molar-refractivity contribution in [2.75, 3.05) is 6.54 Å². The molecule has 1 atom stereocenters. The molecule has 0 radical (unpaired) electrons. The molecule has 22 heavy (non-hydrogen) atoms. The first-order valence-electron chi connectivity index (χ1n) is 7.72. The Kier molecular flexibility index (Phi) is 4.09. The molecule has 1 aliphatic heterocycles. The van der Waals surface area contributed by atoms with Crippen LogP contribution in [-0.4, -0.2) is 22.3 Å². The largest absolute Gasteiger partial charge is 0.332 e. The number of carbonyl (C=O) groups is 1. The number of hydrogen-bond acceptors (Lipinski definition) is 2. The average molecular weight is 296 g/mol. The SMILES string of the molecule is Cc1cc(C2CCCCN2C(=O)c2ccccc2)c[nH]c1=O. The number of pyridine rings is 1. The van der Waals surface area contributed by atoms with Gasteiger partial charge in [0, 0.05) is 23.9 Å². The van der Waals surface area contributed by atoms with Crippen molar-refractivity contribution >= 4 is 5.91 Å². The van der Waals surface area contributed by atoms with E-state index in [9.17, 15) is 9.59 Å². The minimum Gasteiger partial charge on any atom is -0.332 e. The number of H-pyrrole nitrogens is 1. The van der Waals surface area contributed by atoms with Gasteiger partial charge in [-0.3, -0.25) is 9.59 Å². The highest BCUT2D eigenvalue weighted by molar-refractivity contribution is 5.94. The Hall–Kier alpha value is -2.36. The van der Waals surface area contributed by atoms with Gasteiger partial charge in [-0.1, -0.05) is 18.2 Å². The van der Waals surface area contributed by atoms with Crippen LogP contribution in [0.3, 0.4) is 0 Å². The molecule has 114 valence electrons. The minimum atomic E-state index is -0.0690. The van der Waals surface area contributed by atoms with Gasteiger partial charge in [0.2, 0.25) is 0 Å². The van der Waals surface area contributed by atoms with Crippen molar-refractivity contribution in [3.05, 3.63) is 69.6 Å². The zero-order valence-corrected chi connectivity index (χ0v) is 12.7. The summed E-state index contributed by atoms with van der Waals surface area (Å²) in [6, 6.07) is 11.3. The molecule has 1 N–H and O–H groups in total. The second-order valence-corrected chi connectivity index (χ2v) is 5.82. The molecule has 1 aromatic carbocycles. The van der Waals surface area contributed by atoms with Gasteiger partial charge in [-0.2, -0.15) is 0 Å². The Morgan fingerprint density at radius 3 is 2.73 bits per heavy atom. The number of nitrogens with zero attached hydrogens (tertiary/aromatic N) is 1. The molecule has 1 saturated heterocycles. The zero-order valence-electron chi connectivity index (χ0n) is 12.7. The second kappa shape index (κ2) is 6.18. The normalized spacial score (nSPS) is 18.2. The number of nitrogens with one attached hydrogen (secondary N) is 1. The van der Waals surface area contributed by atoms with Crippen LogP contribution in [-0.2, 0) is 0 Å². The van der Waals surface area contributed by atoms with E-state index in [4.69, 9.17) is 0 Å². The van der Waals surface area contributed by atoms with Gasteiger partial charge < -0.3 is 9.88 Å². The van der Waals surface area contributed by atoms with Gasteiger partial charge in [0.05, 0.1) is 6.04 Å². The predicted molar refractivity (Wildman–Crippen MR) is 85.9 cm³/mol. The second-order valence-electron chi connectivity index (χ2n) is 5.82. The minimum absolute atomic E-state index is 0.0389. The summed E-state index contributed by atoms with van der Waals surface area (Å²) in [5.41, 5.74) is 2.35. The molecule has 0 bridgehead atoms. The fourth-order valence-electron chi connectivity index (χ4n) is 3.08. The Morgan fingerprint density at radius 1 is 1.23 bits per heavy atom. The molecule has 4 heteroatoms. The van der Waals surface area contributed by atoms with Crippen LogP contribution in [0.4, 0.5) is 0 Å². The summed E-state index contributed by atoms with van der Waals surface area (Å²) in [4.78, 5) is 29.1. The summed E-state index contributed by atoms with van der Waals surface area (Å²) >= 11 is 0. The van der Waals surface area contributed by atoms with Gasteiger partial charge in [-0.25, -0.2) is 0 Å². The van der Waals surface area contributed by atoms with Gasteiger partial charge in [0.15, 0.2) is 0 Å². The first-order chi connectivity index (χ1) is 10.7. The summed E-state index contributed by atoms with van der Waals surface area (Å²) in [6.07, 6.45) is 4.81. The van der Waals surface area contributed by atoms with Gasteiger partial charge >= 0.3 is 0 Å². The van der Waals surface area contributed by atoms with E-state index in [1.807, 2.05) is 41.3 Å². The third-order valence-corrected chi connectivity index (χ3v) is 4.28. The van der Waals surface area contributed by atoms with Crippen molar-refractivity contribution in [1.29, 1.82) is 0 Å². The highest BCUT2D eigenvalue weighted by Crippen LogP contribution is 2.31. The predicted octanol–water partition coefficient (Wildman–Crippen LogP) is 3.05. The van der Waals surface area contributed by atoms with Crippen LogP contribution >= 0.6 is 0 Å². The average Bonchev–Trinajstić information content (AvgIpc) is 2.57. The van der Waals surface area contributed by atoms with Crippen LogP contribution in [0.1, 0.15) is 46.8 Å². The van der Waals surface area contributed by atoms with E-state index in [2.05, 4.69) is 4.98 Å². The van der Waals surface area contributed by atoms with E-state index in [1.165, 1.54) is 0 Å². The van der Waals surface area contributed by atoms with Gasteiger partial charge in [0.25, 0.3) is 11.5 Å². The molecule has 0 spiro atoms. The van der Waals surface area contributed by atoms with Crippen molar-refractivity contribution in [1.82, 2.24) is 9.88 Å². The Balaban J connectivity index is 1.92. The third kappa shape index (κ3) is 2.82. The van der Waals surface area contributed by atoms with Crippen LogP contribution in [0.15, 0.2) is 47.4 Å². The first kappa shape index (κ1) is 14.6. The molecule has 4 nitrogen and oxygen atoms in total. The Bertz CT molecular complexity index is 721. The zero-order chi connectivity index (χ0) is 15.5. The lowest BCUT2D eigenvalue weighted by Crippen LogP contribution is -2.38. The molecule has 1 fully saturated rings. The van der Waals surface area contributed by atoms with Crippen molar-refractivity contribution < 1.29 is 4.79 Å². The maximum atomic E-state index is 12.8. The molecule has 1 aliphatic rings. The number of likely N-dealkylation sites (tertiary alicyclic amines) is 1. The van der Waals surface area contributed by atoms with Crippen molar-refractivity contribution in [2.24, 2.45) is 0 Å². The molecule has 1 unspecified atom stereocenters. The number of aryl methyl sites for hydroxylation is 1. The number of amides is 1. The number of rotatable bonds is 2. The van der Waals surface area contributed by atoms with Crippen molar-refractivity contribution in [3.8, 4) is 0 Å². The van der Waals surface area contributed by atoms with Crippen LogP contribution in [0.25, 0.3) is 0 Å². The highest BCUT2D eigenvalue weighted by Gasteiger charge is 2.28. The lowest BCUT2D eigenvalue weighted by molar-refractivity contribution is 0.0611. The lowest BCUT2D eigenvalue weighted by atomic mass is 9.95. The summed E-state index contributed by atoms with van der Waals surface area (Å²) in [5, 5.41) is 0. The first-order valence-corrected chi connectivity index (χ1v) is 7.72. The van der Waals surface area contributed by atoms with Crippen LogP contribution in [0.2, 0.25) is 0 Å². The van der Waals surface area contributed by atoms with E-state index in [-0.39, 0.29) is 17.5 Å².